The summed E-state index contributed by atoms with van der Waals surface area (Å²) in [5, 5.41) is 6.90. The minimum atomic E-state index is -0.181. The quantitative estimate of drug-likeness (QED) is 0.885. The number of morpholine rings is 1. The van der Waals surface area contributed by atoms with E-state index >= 15 is 0 Å². The van der Waals surface area contributed by atoms with Crippen LogP contribution in [0.2, 0.25) is 0 Å². The lowest BCUT2D eigenvalue weighted by Gasteiger charge is -2.28. The fraction of sp³-hybridized carbons (Fsp3) is 0.333. The molecular formula is C21H23N3O3. The standard InChI is InChI=1S/C21H23N3O3/c25-21(19-14-20(27-23-19)17-4-2-1-3-5-17)22-15-16-6-8-18(9-7-16)24-10-12-26-13-11-24/h1-9,20H,10-15H2,(H,22,25). The molecule has 1 amide bonds. The minimum Gasteiger partial charge on any atom is -0.387 e. The van der Waals surface area contributed by atoms with E-state index in [1.54, 1.807) is 0 Å². The second kappa shape index (κ2) is 8.22. The Morgan fingerprint density at radius 3 is 2.56 bits per heavy atom. The number of nitrogens with one attached hydrogen (secondary N) is 1. The minimum absolute atomic E-state index is 0.175. The number of carbonyl (C=O) groups is 1. The van der Waals surface area contributed by atoms with Gasteiger partial charge in [-0.1, -0.05) is 47.6 Å². The van der Waals surface area contributed by atoms with Gasteiger partial charge in [0, 0.05) is 31.7 Å². The molecule has 1 unspecified atom stereocenters. The highest BCUT2D eigenvalue weighted by Crippen LogP contribution is 2.26. The molecule has 1 atom stereocenters. The summed E-state index contributed by atoms with van der Waals surface area (Å²) in [6, 6.07) is 18.1. The number of anilines is 1. The van der Waals surface area contributed by atoms with E-state index in [1.807, 2.05) is 42.5 Å². The van der Waals surface area contributed by atoms with Crippen LogP contribution in [0.1, 0.15) is 23.7 Å². The summed E-state index contributed by atoms with van der Waals surface area (Å²) in [5.41, 5.74) is 3.71. The zero-order valence-electron chi connectivity index (χ0n) is 15.1. The lowest BCUT2D eigenvalue weighted by atomic mass is 10.0. The number of rotatable bonds is 5. The molecule has 2 aliphatic heterocycles. The smallest absolute Gasteiger partial charge is 0.269 e. The summed E-state index contributed by atoms with van der Waals surface area (Å²) in [6.45, 7) is 3.84. The average molecular weight is 365 g/mol. The summed E-state index contributed by atoms with van der Waals surface area (Å²) in [7, 11) is 0. The fourth-order valence-electron chi connectivity index (χ4n) is 3.29. The second-order valence-electron chi connectivity index (χ2n) is 6.70. The van der Waals surface area contributed by atoms with Crippen LogP contribution < -0.4 is 10.2 Å². The predicted molar refractivity (Wildman–Crippen MR) is 104 cm³/mol. The third-order valence-corrected chi connectivity index (χ3v) is 4.87. The number of hydrogen-bond donors (Lipinski definition) is 1. The predicted octanol–water partition coefficient (Wildman–Crippen LogP) is 2.66. The molecule has 1 N–H and O–H groups in total. The largest absolute Gasteiger partial charge is 0.387 e. The first-order chi connectivity index (χ1) is 13.3. The van der Waals surface area contributed by atoms with Gasteiger partial charge in [0.2, 0.25) is 0 Å². The summed E-state index contributed by atoms with van der Waals surface area (Å²) in [4.78, 5) is 20.1. The summed E-state index contributed by atoms with van der Waals surface area (Å²) >= 11 is 0. The Labute approximate surface area is 158 Å². The maximum Gasteiger partial charge on any atom is 0.269 e. The maximum absolute atomic E-state index is 12.4. The first-order valence-electron chi connectivity index (χ1n) is 9.27. The number of nitrogens with zero attached hydrogens (tertiary/aromatic N) is 2. The molecule has 0 aromatic heterocycles. The molecule has 2 aliphatic rings. The van der Waals surface area contributed by atoms with Crippen molar-refractivity contribution in [3.05, 3.63) is 65.7 Å². The van der Waals surface area contributed by atoms with Crippen molar-refractivity contribution >= 4 is 17.3 Å². The number of hydrogen-bond acceptors (Lipinski definition) is 5. The number of amides is 1. The SMILES string of the molecule is O=C(NCc1ccc(N2CCOCC2)cc1)C1=NOC(c2ccccc2)C1. The number of carbonyl (C=O) groups excluding carboxylic acids is 1. The molecule has 1 fully saturated rings. The van der Waals surface area contributed by atoms with Crippen molar-refractivity contribution in [2.45, 2.75) is 19.1 Å². The fourth-order valence-corrected chi connectivity index (χ4v) is 3.29. The molecule has 2 aromatic carbocycles. The van der Waals surface area contributed by atoms with E-state index in [0.717, 1.165) is 37.4 Å². The van der Waals surface area contributed by atoms with Crippen LogP contribution in [0, 0.1) is 0 Å². The lowest BCUT2D eigenvalue weighted by Crippen LogP contribution is -2.36. The summed E-state index contributed by atoms with van der Waals surface area (Å²) in [6.07, 6.45) is 0.311. The van der Waals surface area contributed by atoms with Crippen molar-refractivity contribution in [3.63, 3.8) is 0 Å². The van der Waals surface area contributed by atoms with Gasteiger partial charge in [-0.25, -0.2) is 0 Å². The van der Waals surface area contributed by atoms with Crippen molar-refractivity contribution in [2.75, 3.05) is 31.2 Å². The van der Waals surface area contributed by atoms with Gasteiger partial charge in [-0.2, -0.15) is 0 Å². The van der Waals surface area contributed by atoms with Crippen molar-refractivity contribution in [1.29, 1.82) is 0 Å². The molecule has 0 spiro atoms. The van der Waals surface area contributed by atoms with E-state index in [2.05, 4.69) is 27.5 Å². The third-order valence-electron chi connectivity index (χ3n) is 4.87. The van der Waals surface area contributed by atoms with Crippen molar-refractivity contribution in [3.8, 4) is 0 Å². The van der Waals surface area contributed by atoms with Crippen molar-refractivity contribution in [1.82, 2.24) is 5.32 Å². The molecule has 140 valence electrons. The van der Waals surface area contributed by atoms with Crippen LogP contribution in [0.5, 0.6) is 0 Å². The molecule has 0 radical (unpaired) electrons. The van der Waals surface area contributed by atoms with Gasteiger partial charge in [-0.05, 0) is 23.3 Å². The Bertz CT molecular complexity index is 799. The Morgan fingerprint density at radius 2 is 1.81 bits per heavy atom. The van der Waals surface area contributed by atoms with Crippen LogP contribution in [0.25, 0.3) is 0 Å². The average Bonchev–Trinajstić information content (AvgIpc) is 3.24. The highest BCUT2D eigenvalue weighted by Gasteiger charge is 2.27. The van der Waals surface area contributed by atoms with Crippen LogP contribution in [-0.4, -0.2) is 37.9 Å². The van der Waals surface area contributed by atoms with Crippen LogP contribution in [0.15, 0.2) is 59.8 Å². The van der Waals surface area contributed by atoms with Crippen molar-refractivity contribution in [2.24, 2.45) is 5.16 Å². The summed E-state index contributed by atoms with van der Waals surface area (Å²) < 4.78 is 5.38. The molecule has 0 bridgehead atoms. The van der Waals surface area contributed by atoms with E-state index in [1.165, 1.54) is 5.69 Å². The Kier molecular flexibility index (Phi) is 5.34. The van der Waals surface area contributed by atoms with Gasteiger partial charge in [0.15, 0.2) is 6.10 Å². The lowest BCUT2D eigenvalue weighted by molar-refractivity contribution is -0.115. The monoisotopic (exact) mass is 365 g/mol. The molecule has 27 heavy (non-hydrogen) atoms. The molecule has 6 heteroatoms. The zero-order valence-corrected chi connectivity index (χ0v) is 15.1. The van der Waals surface area contributed by atoms with Crippen LogP contribution >= 0.6 is 0 Å². The van der Waals surface area contributed by atoms with Crippen molar-refractivity contribution < 1.29 is 14.4 Å². The molecule has 0 aliphatic carbocycles. The zero-order chi connectivity index (χ0) is 18.5. The molecule has 4 rings (SSSR count). The van der Waals surface area contributed by atoms with Gasteiger partial charge < -0.3 is 19.8 Å². The van der Waals surface area contributed by atoms with Crippen LogP contribution in [0.4, 0.5) is 5.69 Å². The van der Waals surface area contributed by atoms with E-state index in [4.69, 9.17) is 9.57 Å². The number of oxime groups is 1. The Balaban J connectivity index is 1.28. The first-order valence-corrected chi connectivity index (χ1v) is 9.27. The molecule has 1 saturated heterocycles. The highest BCUT2D eigenvalue weighted by atomic mass is 16.6. The number of ether oxygens (including phenoxy) is 1. The molecule has 0 saturated carbocycles. The molecule has 6 nitrogen and oxygen atoms in total. The van der Waals surface area contributed by atoms with Crippen LogP contribution in [0.3, 0.4) is 0 Å². The van der Waals surface area contributed by atoms with Gasteiger partial charge in [0.05, 0.1) is 13.2 Å². The van der Waals surface area contributed by atoms with E-state index in [-0.39, 0.29) is 12.0 Å². The molecular weight excluding hydrogens is 342 g/mol. The molecule has 2 aromatic rings. The first kappa shape index (κ1) is 17.5. The summed E-state index contributed by atoms with van der Waals surface area (Å²) in [5.74, 6) is -0.175. The topological polar surface area (TPSA) is 63.2 Å². The third kappa shape index (κ3) is 4.28. The van der Waals surface area contributed by atoms with Gasteiger partial charge in [0.25, 0.3) is 5.91 Å². The normalized spacial score (nSPS) is 19.3. The molecule has 2 heterocycles. The maximum atomic E-state index is 12.4. The second-order valence-corrected chi connectivity index (χ2v) is 6.70. The number of benzene rings is 2. The van der Waals surface area contributed by atoms with Gasteiger partial charge in [-0.15, -0.1) is 0 Å². The van der Waals surface area contributed by atoms with E-state index < -0.39 is 0 Å². The van der Waals surface area contributed by atoms with E-state index in [0.29, 0.717) is 18.7 Å². The van der Waals surface area contributed by atoms with Crippen LogP contribution in [-0.2, 0) is 20.9 Å². The Hall–Kier alpha value is -2.86. The van der Waals surface area contributed by atoms with Gasteiger partial charge in [-0.3, -0.25) is 4.79 Å². The highest BCUT2D eigenvalue weighted by molar-refractivity contribution is 6.39. The van der Waals surface area contributed by atoms with E-state index in [9.17, 15) is 4.79 Å². The Morgan fingerprint density at radius 1 is 1.07 bits per heavy atom. The van der Waals surface area contributed by atoms with Gasteiger partial charge in [0.1, 0.15) is 5.71 Å². The van der Waals surface area contributed by atoms with Gasteiger partial charge >= 0.3 is 0 Å².